The Morgan fingerprint density at radius 1 is 1.39 bits per heavy atom. The van der Waals surface area contributed by atoms with Gasteiger partial charge < -0.3 is 15.5 Å². The van der Waals surface area contributed by atoms with Crippen LogP contribution in [-0.2, 0) is 0 Å². The summed E-state index contributed by atoms with van der Waals surface area (Å²) in [5, 5.41) is 6.97. The summed E-state index contributed by atoms with van der Waals surface area (Å²) in [5.41, 5.74) is 0. The minimum atomic E-state index is 0.383. The van der Waals surface area contributed by atoms with Crippen LogP contribution in [0.2, 0.25) is 0 Å². The van der Waals surface area contributed by atoms with Crippen molar-refractivity contribution in [1.82, 2.24) is 15.5 Å². The third-order valence-electron chi connectivity index (χ3n) is 4.05. The van der Waals surface area contributed by atoms with Crippen molar-refractivity contribution < 1.29 is 0 Å². The second kappa shape index (κ2) is 6.15. The molecule has 0 radical (unpaired) electrons. The van der Waals surface area contributed by atoms with Gasteiger partial charge in [-0.15, -0.1) is 0 Å². The van der Waals surface area contributed by atoms with Gasteiger partial charge in [0.1, 0.15) is 0 Å². The monoisotopic (exact) mass is 270 g/mol. The number of hydrogen-bond donors (Lipinski definition) is 2. The summed E-state index contributed by atoms with van der Waals surface area (Å²) in [4.78, 5) is 6.73. The molecule has 2 rings (SSSR count). The maximum absolute atomic E-state index is 4.31. The first-order chi connectivity index (χ1) is 8.67. The Kier molecular flexibility index (Phi) is 4.78. The number of thioether (sulfide) groups is 1. The normalized spacial score (nSPS) is 24.9. The summed E-state index contributed by atoms with van der Waals surface area (Å²) in [5.74, 6) is 0.977. The SMILES string of the molecule is CN=C(NCC1(SC)CCN(C)CC1)NC1CC1. The van der Waals surface area contributed by atoms with Gasteiger partial charge >= 0.3 is 0 Å². The summed E-state index contributed by atoms with van der Waals surface area (Å²) in [6, 6.07) is 0.666. The standard InChI is InChI=1S/C13H26N4S/c1-14-12(16-11-4-5-11)15-10-13(18-3)6-8-17(2)9-7-13/h11H,4-10H2,1-3H3,(H2,14,15,16). The summed E-state index contributed by atoms with van der Waals surface area (Å²) in [6.07, 6.45) is 7.35. The van der Waals surface area contributed by atoms with Gasteiger partial charge in [-0.3, -0.25) is 4.99 Å². The summed E-state index contributed by atoms with van der Waals surface area (Å²) in [6.45, 7) is 3.43. The van der Waals surface area contributed by atoms with Crippen molar-refractivity contribution in [1.29, 1.82) is 0 Å². The molecule has 4 nitrogen and oxygen atoms in total. The highest BCUT2D eigenvalue weighted by Crippen LogP contribution is 2.33. The third kappa shape index (κ3) is 3.79. The first kappa shape index (κ1) is 14.0. The van der Waals surface area contributed by atoms with E-state index in [1.807, 2.05) is 18.8 Å². The summed E-state index contributed by atoms with van der Waals surface area (Å²) >= 11 is 2.01. The molecule has 0 unspecified atom stereocenters. The highest BCUT2D eigenvalue weighted by Gasteiger charge is 2.33. The van der Waals surface area contributed by atoms with Crippen LogP contribution in [0, 0.1) is 0 Å². The van der Waals surface area contributed by atoms with Crippen molar-refractivity contribution in [3.63, 3.8) is 0 Å². The fourth-order valence-electron chi connectivity index (χ4n) is 2.34. The molecule has 2 N–H and O–H groups in total. The van der Waals surface area contributed by atoms with E-state index in [1.54, 1.807) is 0 Å². The fraction of sp³-hybridized carbons (Fsp3) is 0.923. The van der Waals surface area contributed by atoms with E-state index < -0.39 is 0 Å². The lowest BCUT2D eigenvalue weighted by molar-refractivity contribution is 0.239. The number of piperidine rings is 1. The van der Waals surface area contributed by atoms with E-state index in [1.165, 1.54) is 38.8 Å². The Balaban J connectivity index is 1.81. The van der Waals surface area contributed by atoms with Gasteiger partial charge in [-0.25, -0.2) is 0 Å². The highest BCUT2D eigenvalue weighted by molar-refractivity contribution is 8.00. The molecular formula is C13H26N4S. The molecule has 5 heteroatoms. The second-order valence-corrected chi connectivity index (χ2v) is 6.81. The Bertz CT molecular complexity index is 293. The predicted octanol–water partition coefficient (Wildman–Crippen LogP) is 1.14. The molecule has 1 aliphatic carbocycles. The minimum Gasteiger partial charge on any atom is -0.355 e. The van der Waals surface area contributed by atoms with E-state index in [2.05, 4.69) is 33.8 Å². The van der Waals surface area contributed by atoms with E-state index in [0.29, 0.717) is 10.8 Å². The molecule has 2 aliphatic rings. The molecule has 1 saturated carbocycles. The van der Waals surface area contributed by atoms with Gasteiger partial charge in [-0.05, 0) is 52.1 Å². The van der Waals surface area contributed by atoms with Gasteiger partial charge in [-0.1, -0.05) is 0 Å². The minimum absolute atomic E-state index is 0.383. The third-order valence-corrected chi connectivity index (χ3v) is 5.47. The number of nitrogens with one attached hydrogen (secondary N) is 2. The van der Waals surface area contributed by atoms with E-state index in [0.717, 1.165) is 12.5 Å². The van der Waals surface area contributed by atoms with Gasteiger partial charge in [0.05, 0.1) is 0 Å². The van der Waals surface area contributed by atoms with Crippen molar-refractivity contribution in [2.75, 3.05) is 40.0 Å². The van der Waals surface area contributed by atoms with Crippen LogP contribution in [0.25, 0.3) is 0 Å². The van der Waals surface area contributed by atoms with Crippen molar-refractivity contribution in [3.8, 4) is 0 Å². The van der Waals surface area contributed by atoms with Crippen LogP contribution in [0.15, 0.2) is 4.99 Å². The lowest BCUT2D eigenvalue weighted by Gasteiger charge is -2.39. The van der Waals surface area contributed by atoms with Crippen LogP contribution < -0.4 is 10.6 Å². The van der Waals surface area contributed by atoms with E-state index >= 15 is 0 Å². The van der Waals surface area contributed by atoms with E-state index in [4.69, 9.17) is 0 Å². The van der Waals surface area contributed by atoms with Crippen molar-refractivity contribution in [2.24, 2.45) is 4.99 Å². The molecule has 1 aliphatic heterocycles. The molecule has 1 saturated heterocycles. The molecule has 18 heavy (non-hydrogen) atoms. The second-order valence-electron chi connectivity index (χ2n) is 5.53. The van der Waals surface area contributed by atoms with Crippen LogP contribution in [0.4, 0.5) is 0 Å². The molecule has 0 aromatic rings. The first-order valence-corrected chi connectivity index (χ1v) is 8.11. The van der Waals surface area contributed by atoms with E-state index in [9.17, 15) is 0 Å². The van der Waals surface area contributed by atoms with Gasteiger partial charge in [0.15, 0.2) is 5.96 Å². The first-order valence-electron chi connectivity index (χ1n) is 6.88. The quantitative estimate of drug-likeness (QED) is 0.594. The van der Waals surface area contributed by atoms with Crippen molar-refractivity contribution in [2.45, 2.75) is 36.5 Å². The number of nitrogens with zero attached hydrogens (tertiary/aromatic N) is 2. The van der Waals surface area contributed by atoms with Crippen LogP contribution in [0.1, 0.15) is 25.7 Å². The molecule has 0 amide bonds. The molecule has 0 spiro atoms. The number of aliphatic imine (C=N–C) groups is 1. The molecule has 0 aromatic carbocycles. The molecule has 0 bridgehead atoms. The molecule has 104 valence electrons. The lowest BCUT2D eigenvalue weighted by Crippen LogP contribution is -2.50. The van der Waals surface area contributed by atoms with Crippen molar-refractivity contribution >= 4 is 17.7 Å². The topological polar surface area (TPSA) is 39.7 Å². The van der Waals surface area contributed by atoms with Gasteiger partial charge in [0.25, 0.3) is 0 Å². The summed E-state index contributed by atoms with van der Waals surface area (Å²) < 4.78 is 0.383. The van der Waals surface area contributed by atoms with E-state index in [-0.39, 0.29) is 0 Å². The molecule has 2 fully saturated rings. The summed E-state index contributed by atoms with van der Waals surface area (Å²) in [7, 11) is 4.07. The predicted molar refractivity (Wildman–Crippen MR) is 80.5 cm³/mol. The van der Waals surface area contributed by atoms with Crippen molar-refractivity contribution in [3.05, 3.63) is 0 Å². The zero-order chi connectivity index (χ0) is 13.0. The number of hydrogen-bond acceptors (Lipinski definition) is 3. The number of rotatable bonds is 4. The fourth-order valence-corrected chi connectivity index (χ4v) is 3.15. The largest absolute Gasteiger partial charge is 0.355 e. The number of guanidine groups is 1. The highest BCUT2D eigenvalue weighted by atomic mass is 32.2. The van der Waals surface area contributed by atoms with Crippen LogP contribution in [-0.4, -0.2) is 61.6 Å². The van der Waals surface area contributed by atoms with Gasteiger partial charge in [0.2, 0.25) is 0 Å². The average Bonchev–Trinajstić information content (AvgIpc) is 3.21. The molecular weight excluding hydrogens is 244 g/mol. The molecule has 1 heterocycles. The maximum Gasteiger partial charge on any atom is 0.191 e. The average molecular weight is 270 g/mol. The van der Waals surface area contributed by atoms with Crippen LogP contribution >= 0.6 is 11.8 Å². The Morgan fingerprint density at radius 2 is 2.06 bits per heavy atom. The zero-order valence-corrected chi connectivity index (χ0v) is 12.6. The van der Waals surface area contributed by atoms with Crippen LogP contribution in [0.5, 0.6) is 0 Å². The lowest BCUT2D eigenvalue weighted by atomic mass is 9.96. The van der Waals surface area contributed by atoms with Gasteiger partial charge in [-0.2, -0.15) is 11.8 Å². The Hall–Kier alpha value is -0.420. The number of likely N-dealkylation sites (tertiary alicyclic amines) is 1. The molecule has 0 atom stereocenters. The zero-order valence-electron chi connectivity index (χ0n) is 11.8. The van der Waals surface area contributed by atoms with Crippen LogP contribution in [0.3, 0.4) is 0 Å². The smallest absolute Gasteiger partial charge is 0.191 e. The maximum atomic E-state index is 4.31. The molecule has 0 aromatic heterocycles. The van der Waals surface area contributed by atoms with Gasteiger partial charge in [0, 0.05) is 24.4 Å². The Labute approximate surface area is 115 Å². The Morgan fingerprint density at radius 3 is 2.56 bits per heavy atom.